The molecular formula is C20H17ClN2O3S. The quantitative estimate of drug-likeness (QED) is 0.702. The lowest BCUT2D eigenvalue weighted by molar-refractivity contribution is 0.102. The molecule has 0 aliphatic carbocycles. The average Bonchev–Trinajstić information content (AvgIpc) is 2.64. The Labute approximate surface area is 163 Å². The number of nitrogens with one attached hydrogen (secondary N) is 1. The summed E-state index contributed by atoms with van der Waals surface area (Å²) in [5.41, 5.74) is 2.68. The summed E-state index contributed by atoms with van der Waals surface area (Å²) in [6.07, 6.45) is 1.24. The third kappa shape index (κ3) is 4.18. The fourth-order valence-corrected chi connectivity index (χ4v) is 3.89. The first-order chi connectivity index (χ1) is 12.8. The Balaban J connectivity index is 1.83. The number of aryl methyl sites for hydroxylation is 2. The van der Waals surface area contributed by atoms with E-state index in [0.29, 0.717) is 10.7 Å². The van der Waals surface area contributed by atoms with Crippen molar-refractivity contribution >= 4 is 33.0 Å². The number of pyridine rings is 1. The predicted octanol–water partition coefficient (Wildman–Crippen LogP) is 4.44. The lowest BCUT2D eigenvalue weighted by Crippen LogP contribution is -2.13. The monoisotopic (exact) mass is 400 g/mol. The molecule has 3 rings (SSSR count). The van der Waals surface area contributed by atoms with Crippen LogP contribution in [-0.4, -0.2) is 19.3 Å². The zero-order valence-corrected chi connectivity index (χ0v) is 16.3. The molecule has 0 bridgehead atoms. The molecule has 0 atom stereocenters. The average molecular weight is 401 g/mol. The van der Waals surface area contributed by atoms with Gasteiger partial charge in [0.05, 0.1) is 10.5 Å². The minimum Gasteiger partial charge on any atom is -0.322 e. The molecular weight excluding hydrogens is 384 g/mol. The predicted molar refractivity (Wildman–Crippen MR) is 105 cm³/mol. The zero-order chi connectivity index (χ0) is 19.6. The Kier molecular flexibility index (Phi) is 5.30. The van der Waals surface area contributed by atoms with Crippen LogP contribution in [0, 0.1) is 13.8 Å². The Bertz CT molecular complexity index is 1110. The molecule has 7 heteroatoms. The van der Waals surface area contributed by atoms with Crippen molar-refractivity contribution in [2.75, 3.05) is 5.32 Å². The number of carbonyl (C=O) groups excluding carboxylic acids is 1. The van der Waals surface area contributed by atoms with Crippen molar-refractivity contribution in [3.8, 4) is 0 Å². The number of sulfone groups is 1. The number of benzene rings is 2. The van der Waals surface area contributed by atoms with Gasteiger partial charge in [0.15, 0.2) is 5.03 Å². The summed E-state index contributed by atoms with van der Waals surface area (Å²) < 4.78 is 25.5. The highest BCUT2D eigenvalue weighted by Crippen LogP contribution is 2.22. The van der Waals surface area contributed by atoms with Gasteiger partial charge < -0.3 is 5.32 Å². The van der Waals surface area contributed by atoms with Crippen LogP contribution in [0.2, 0.25) is 5.02 Å². The second-order valence-corrected chi connectivity index (χ2v) is 8.43. The maximum atomic E-state index is 12.7. The van der Waals surface area contributed by atoms with Gasteiger partial charge in [-0.25, -0.2) is 13.4 Å². The lowest BCUT2D eigenvalue weighted by Gasteiger charge is -2.08. The smallest absolute Gasteiger partial charge is 0.257 e. The van der Waals surface area contributed by atoms with Crippen molar-refractivity contribution in [3.05, 3.63) is 82.5 Å². The molecule has 5 nitrogen and oxygen atoms in total. The number of carbonyl (C=O) groups is 1. The molecule has 0 unspecified atom stereocenters. The summed E-state index contributed by atoms with van der Waals surface area (Å²) in [5.74, 6) is -0.403. The molecule has 0 saturated carbocycles. The minimum absolute atomic E-state index is 0.106. The summed E-state index contributed by atoms with van der Waals surface area (Å²) in [6, 6.07) is 14.4. The number of hydrogen-bond acceptors (Lipinski definition) is 4. The van der Waals surface area contributed by atoms with Crippen molar-refractivity contribution < 1.29 is 13.2 Å². The van der Waals surface area contributed by atoms with E-state index in [2.05, 4.69) is 10.3 Å². The first-order valence-electron chi connectivity index (χ1n) is 8.13. The largest absolute Gasteiger partial charge is 0.322 e. The van der Waals surface area contributed by atoms with Gasteiger partial charge in [0.2, 0.25) is 9.84 Å². The van der Waals surface area contributed by atoms with Gasteiger partial charge in [-0.3, -0.25) is 4.79 Å². The van der Waals surface area contributed by atoms with Gasteiger partial charge in [0.25, 0.3) is 5.91 Å². The summed E-state index contributed by atoms with van der Waals surface area (Å²) in [5, 5.41) is 3.08. The molecule has 0 aliphatic heterocycles. The second-order valence-electron chi connectivity index (χ2n) is 6.10. The van der Waals surface area contributed by atoms with E-state index in [4.69, 9.17) is 11.6 Å². The van der Waals surface area contributed by atoms with Crippen molar-refractivity contribution in [1.82, 2.24) is 4.98 Å². The fraction of sp³-hybridized carbons (Fsp3) is 0.100. The molecule has 1 amide bonds. The van der Waals surface area contributed by atoms with Gasteiger partial charge in [-0.15, -0.1) is 0 Å². The Morgan fingerprint density at radius 2 is 1.78 bits per heavy atom. The van der Waals surface area contributed by atoms with E-state index in [1.165, 1.54) is 18.3 Å². The topological polar surface area (TPSA) is 76.1 Å². The molecule has 138 valence electrons. The van der Waals surface area contributed by atoms with E-state index in [1.807, 2.05) is 13.8 Å². The number of halogens is 1. The first kappa shape index (κ1) is 19.1. The van der Waals surface area contributed by atoms with Gasteiger partial charge in [0, 0.05) is 16.9 Å². The van der Waals surface area contributed by atoms with E-state index < -0.39 is 15.7 Å². The molecule has 1 N–H and O–H groups in total. The molecule has 27 heavy (non-hydrogen) atoms. The number of amides is 1. The Morgan fingerprint density at radius 3 is 2.41 bits per heavy atom. The highest BCUT2D eigenvalue weighted by Gasteiger charge is 2.20. The van der Waals surface area contributed by atoms with Crippen LogP contribution in [0.15, 0.2) is 70.7 Å². The molecule has 2 aromatic carbocycles. The highest BCUT2D eigenvalue weighted by atomic mass is 35.5. The zero-order valence-electron chi connectivity index (χ0n) is 14.7. The van der Waals surface area contributed by atoms with E-state index in [1.54, 1.807) is 42.5 Å². The van der Waals surface area contributed by atoms with Crippen molar-refractivity contribution in [1.29, 1.82) is 0 Å². The molecule has 3 aromatic rings. The van der Waals surface area contributed by atoms with Crippen LogP contribution in [0.3, 0.4) is 0 Å². The lowest BCUT2D eigenvalue weighted by atomic mass is 10.1. The number of nitrogens with zero attached hydrogens (tertiary/aromatic N) is 1. The number of aromatic nitrogens is 1. The van der Waals surface area contributed by atoms with Crippen molar-refractivity contribution in [2.45, 2.75) is 23.8 Å². The summed E-state index contributed by atoms with van der Waals surface area (Å²) in [6.45, 7) is 3.77. The van der Waals surface area contributed by atoms with Crippen LogP contribution in [0.4, 0.5) is 5.69 Å². The van der Waals surface area contributed by atoms with E-state index in [0.717, 1.165) is 11.1 Å². The SMILES string of the molecule is Cc1ccc(S(=O)(=O)c2ccc(C(=O)Nc3cccc(Cl)c3)cn2)cc1C. The van der Waals surface area contributed by atoms with E-state index in [9.17, 15) is 13.2 Å². The van der Waals surface area contributed by atoms with Crippen LogP contribution in [-0.2, 0) is 9.84 Å². The summed E-state index contributed by atoms with van der Waals surface area (Å²) >= 11 is 5.89. The molecule has 0 fully saturated rings. The van der Waals surface area contributed by atoms with Gasteiger partial charge in [-0.05, 0) is 67.4 Å². The summed E-state index contributed by atoms with van der Waals surface area (Å²) in [4.78, 5) is 16.5. The van der Waals surface area contributed by atoms with Gasteiger partial charge >= 0.3 is 0 Å². The first-order valence-corrected chi connectivity index (χ1v) is 9.99. The standard InChI is InChI=1S/C20H17ClN2O3S/c1-13-6-8-18(10-14(13)2)27(25,26)19-9-7-15(12-22-19)20(24)23-17-5-3-4-16(21)11-17/h3-12H,1-2H3,(H,23,24). The molecule has 0 saturated heterocycles. The fourth-order valence-electron chi connectivity index (χ4n) is 2.44. The molecule has 1 aromatic heterocycles. The maximum Gasteiger partial charge on any atom is 0.257 e. The molecule has 0 radical (unpaired) electrons. The third-order valence-corrected chi connectivity index (χ3v) is 6.05. The van der Waals surface area contributed by atoms with E-state index in [-0.39, 0.29) is 15.5 Å². The Morgan fingerprint density at radius 1 is 1.00 bits per heavy atom. The van der Waals surface area contributed by atoms with Gasteiger partial charge in [-0.2, -0.15) is 0 Å². The third-order valence-electron chi connectivity index (χ3n) is 4.15. The maximum absolute atomic E-state index is 12.7. The van der Waals surface area contributed by atoms with Crippen LogP contribution in [0.5, 0.6) is 0 Å². The number of hydrogen-bond donors (Lipinski definition) is 1. The van der Waals surface area contributed by atoms with Crippen molar-refractivity contribution in [2.24, 2.45) is 0 Å². The van der Waals surface area contributed by atoms with Crippen LogP contribution < -0.4 is 5.32 Å². The van der Waals surface area contributed by atoms with Crippen LogP contribution >= 0.6 is 11.6 Å². The van der Waals surface area contributed by atoms with Gasteiger partial charge in [0.1, 0.15) is 0 Å². The molecule has 0 aliphatic rings. The number of rotatable bonds is 4. The highest BCUT2D eigenvalue weighted by molar-refractivity contribution is 7.91. The number of anilines is 1. The molecule has 0 spiro atoms. The minimum atomic E-state index is -3.75. The Hall–Kier alpha value is -2.70. The van der Waals surface area contributed by atoms with Crippen LogP contribution in [0.1, 0.15) is 21.5 Å². The van der Waals surface area contributed by atoms with Gasteiger partial charge in [-0.1, -0.05) is 23.7 Å². The van der Waals surface area contributed by atoms with Crippen LogP contribution in [0.25, 0.3) is 0 Å². The second kappa shape index (κ2) is 7.50. The normalized spacial score (nSPS) is 11.2. The van der Waals surface area contributed by atoms with Crippen molar-refractivity contribution in [3.63, 3.8) is 0 Å². The summed E-state index contributed by atoms with van der Waals surface area (Å²) in [7, 11) is -3.75. The van der Waals surface area contributed by atoms with E-state index >= 15 is 0 Å². The molecule has 1 heterocycles.